The molecule has 2 heteroatoms. The third kappa shape index (κ3) is 1.26. The Morgan fingerprint density at radius 3 is 2.63 bits per heavy atom. The summed E-state index contributed by atoms with van der Waals surface area (Å²) in [6.07, 6.45) is 1.83. The van der Waals surface area contributed by atoms with Crippen LogP contribution >= 0.6 is 0 Å². The number of para-hydroxylation sites is 1. The molecule has 0 unspecified atom stereocenters. The van der Waals surface area contributed by atoms with Gasteiger partial charge >= 0.3 is 0 Å². The first-order valence-corrected chi connectivity index (χ1v) is 6.25. The molecule has 0 amide bonds. The SMILES string of the molecule is C=Cc1c(C)oc2ccc3c4ccccc4oc3c12. The van der Waals surface area contributed by atoms with Crippen LogP contribution in [0.2, 0.25) is 0 Å². The Labute approximate surface area is 109 Å². The second kappa shape index (κ2) is 3.51. The molecule has 0 N–H and O–H groups in total. The van der Waals surface area contributed by atoms with Gasteiger partial charge in [0, 0.05) is 16.3 Å². The van der Waals surface area contributed by atoms with E-state index in [2.05, 4.69) is 18.7 Å². The lowest BCUT2D eigenvalue weighted by atomic mass is 10.1. The predicted molar refractivity (Wildman–Crippen MR) is 78.3 cm³/mol. The van der Waals surface area contributed by atoms with Crippen LogP contribution in [0.4, 0.5) is 0 Å². The molecule has 0 fully saturated rings. The van der Waals surface area contributed by atoms with Gasteiger partial charge in [0.25, 0.3) is 0 Å². The first kappa shape index (κ1) is 10.4. The summed E-state index contributed by atoms with van der Waals surface area (Å²) in [6, 6.07) is 12.1. The van der Waals surface area contributed by atoms with Crippen LogP contribution in [0.25, 0.3) is 39.0 Å². The lowest BCUT2D eigenvalue weighted by Crippen LogP contribution is -1.73. The molecule has 0 aliphatic heterocycles. The van der Waals surface area contributed by atoms with E-state index >= 15 is 0 Å². The van der Waals surface area contributed by atoms with Crippen LogP contribution < -0.4 is 0 Å². The van der Waals surface area contributed by atoms with E-state index < -0.39 is 0 Å². The van der Waals surface area contributed by atoms with Gasteiger partial charge in [-0.3, -0.25) is 0 Å². The molecule has 2 aromatic heterocycles. The molecule has 0 aliphatic carbocycles. The zero-order valence-electron chi connectivity index (χ0n) is 10.6. The highest BCUT2D eigenvalue weighted by molar-refractivity contribution is 6.16. The lowest BCUT2D eigenvalue weighted by molar-refractivity contribution is 0.577. The summed E-state index contributed by atoms with van der Waals surface area (Å²) in [7, 11) is 0. The van der Waals surface area contributed by atoms with Crippen molar-refractivity contribution in [1.82, 2.24) is 0 Å². The summed E-state index contributed by atoms with van der Waals surface area (Å²) in [5.74, 6) is 0.873. The maximum atomic E-state index is 6.01. The summed E-state index contributed by atoms with van der Waals surface area (Å²) < 4.78 is 11.8. The number of furan rings is 2. The molecule has 4 rings (SSSR count). The van der Waals surface area contributed by atoms with Gasteiger partial charge in [0.05, 0.1) is 5.39 Å². The maximum Gasteiger partial charge on any atom is 0.147 e. The smallest absolute Gasteiger partial charge is 0.147 e. The third-order valence-electron chi connectivity index (χ3n) is 3.62. The first-order valence-electron chi connectivity index (χ1n) is 6.25. The fourth-order valence-corrected chi connectivity index (χ4v) is 2.75. The molecule has 19 heavy (non-hydrogen) atoms. The van der Waals surface area contributed by atoms with Crippen LogP contribution in [-0.2, 0) is 0 Å². The third-order valence-corrected chi connectivity index (χ3v) is 3.62. The average molecular weight is 248 g/mol. The van der Waals surface area contributed by atoms with Crippen molar-refractivity contribution < 1.29 is 8.83 Å². The minimum Gasteiger partial charge on any atom is -0.461 e. The fraction of sp³-hybridized carbons (Fsp3) is 0.0588. The Morgan fingerprint density at radius 2 is 1.79 bits per heavy atom. The van der Waals surface area contributed by atoms with Gasteiger partial charge < -0.3 is 8.83 Å². The van der Waals surface area contributed by atoms with E-state index in [1.165, 1.54) is 0 Å². The van der Waals surface area contributed by atoms with Crippen LogP contribution in [0.5, 0.6) is 0 Å². The van der Waals surface area contributed by atoms with E-state index in [1.807, 2.05) is 37.3 Å². The zero-order chi connectivity index (χ0) is 13.0. The van der Waals surface area contributed by atoms with E-state index in [9.17, 15) is 0 Å². The van der Waals surface area contributed by atoms with Crippen molar-refractivity contribution in [2.75, 3.05) is 0 Å². The largest absolute Gasteiger partial charge is 0.461 e. The van der Waals surface area contributed by atoms with E-state index in [0.717, 1.165) is 44.2 Å². The maximum absolute atomic E-state index is 6.01. The molecule has 0 radical (unpaired) electrons. The van der Waals surface area contributed by atoms with Gasteiger partial charge in [0.2, 0.25) is 0 Å². The molecule has 0 bridgehead atoms. The Balaban J connectivity index is 2.33. The van der Waals surface area contributed by atoms with Gasteiger partial charge in [-0.05, 0) is 25.1 Å². The molecule has 2 aromatic carbocycles. The van der Waals surface area contributed by atoms with Gasteiger partial charge in [-0.15, -0.1) is 0 Å². The molecular weight excluding hydrogens is 236 g/mol. The van der Waals surface area contributed by atoms with Crippen LogP contribution in [-0.4, -0.2) is 0 Å². The highest BCUT2D eigenvalue weighted by Gasteiger charge is 2.16. The van der Waals surface area contributed by atoms with E-state index in [-0.39, 0.29) is 0 Å². The van der Waals surface area contributed by atoms with E-state index in [1.54, 1.807) is 0 Å². The number of benzene rings is 2. The number of hydrogen-bond donors (Lipinski definition) is 0. The summed E-state index contributed by atoms with van der Waals surface area (Å²) in [5.41, 5.74) is 3.64. The normalized spacial score (nSPS) is 11.6. The summed E-state index contributed by atoms with van der Waals surface area (Å²) in [5, 5.41) is 3.27. The van der Waals surface area contributed by atoms with Gasteiger partial charge in [0.15, 0.2) is 0 Å². The van der Waals surface area contributed by atoms with Gasteiger partial charge in [-0.2, -0.15) is 0 Å². The minimum atomic E-state index is 0.846. The highest BCUT2D eigenvalue weighted by Crippen LogP contribution is 2.37. The first-order chi connectivity index (χ1) is 9.29. The van der Waals surface area contributed by atoms with Crippen molar-refractivity contribution in [2.24, 2.45) is 0 Å². The second-order valence-corrected chi connectivity index (χ2v) is 4.69. The van der Waals surface area contributed by atoms with Crippen LogP contribution in [0.3, 0.4) is 0 Å². The average Bonchev–Trinajstić information content (AvgIpc) is 2.94. The quantitative estimate of drug-likeness (QED) is 0.458. The topological polar surface area (TPSA) is 26.3 Å². The standard InChI is InChI=1S/C17H12O2/c1-3-11-10(2)18-15-9-8-13-12-6-4-5-7-14(12)19-17(13)16(11)15/h3-9H,1H2,2H3. The van der Waals surface area contributed by atoms with Crippen molar-refractivity contribution in [3.05, 3.63) is 54.3 Å². The number of aryl methyl sites for hydroxylation is 1. The Bertz CT molecular complexity index is 938. The van der Waals surface area contributed by atoms with Gasteiger partial charge in [0.1, 0.15) is 22.5 Å². The molecular formula is C17H12O2. The number of fused-ring (bicyclic) bond motifs is 5. The van der Waals surface area contributed by atoms with Crippen molar-refractivity contribution in [1.29, 1.82) is 0 Å². The predicted octanol–water partition coefficient (Wildman–Crippen LogP) is 5.28. The second-order valence-electron chi connectivity index (χ2n) is 4.69. The summed E-state index contributed by atoms with van der Waals surface area (Å²) in [4.78, 5) is 0. The summed E-state index contributed by atoms with van der Waals surface area (Å²) >= 11 is 0. The van der Waals surface area contributed by atoms with Gasteiger partial charge in [-0.1, -0.05) is 30.9 Å². The molecule has 92 valence electrons. The number of rotatable bonds is 1. The van der Waals surface area contributed by atoms with E-state index in [4.69, 9.17) is 8.83 Å². The zero-order valence-corrected chi connectivity index (χ0v) is 10.6. The number of hydrogen-bond acceptors (Lipinski definition) is 2. The van der Waals surface area contributed by atoms with Crippen LogP contribution in [0, 0.1) is 6.92 Å². The molecule has 0 saturated carbocycles. The molecule has 2 heterocycles. The van der Waals surface area contributed by atoms with Crippen molar-refractivity contribution in [3.63, 3.8) is 0 Å². The molecule has 2 nitrogen and oxygen atoms in total. The molecule has 0 saturated heterocycles. The van der Waals surface area contributed by atoms with E-state index in [0.29, 0.717) is 0 Å². The summed E-state index contributed by atoms with van der Waals surface area (Å²) in [6.45, 7) is 5.82. The molecule has 4 aromatic rings. The Morgan fingerprint density at radius 1 is 0.947 bits per heavy atom. The monoisotopic (exact) mass is 248 g/mol. The molecule has 0 atom stereocenters. The lowest BCUT2D eigenvalue weighted by Gasteiger charge is -1.92. The van der Waals surface area contributed by atoms with Crippen LogP contribution in [0.1, 0.15) is 11.3 Å². The highest BCUT2D eigenvalue weighted by atomic mass is 16.3. The Hall–Kier alpha value is -2.48. The molecule has 0 aliphatic rings. The molecule has 0 spiro atoms. The Kier molecular flexibility index (Phi) is 1.93. The minimum absolute atomic E-state index is 0.846. The van der Waals surface area contributed by atoms with Crippen molar-refractivity contribution >= 4 is 39.0 Å². The van der Waals surface area contributed by atoms with Crippen molar-refractivity contribution in [3.8, 4) is 0 Å². The fourth-order valence-electron chi connectivity index (χ4n) is 2.75. The van der Waals surface area contributed by atoms with Gasteiger partial charge in [-0.25, -0.2) is 0 Å². The van der Waals surface area contributed by atoms with Crippen LogP contribution in [0.15, 0.2) is 51.8 Å². The van der Waals surface area contributed by atoms with Crippen molar-refractivity contribution in [2.45, 2.75) is 6.92 Å².